The average molecular weight is 472 g/mol. The molecule has 4 radical (unpaired) electrons. The zero-order valence-electron chi connectivity index (χ0n) is 20.8. The summed E-state index contributed by atoms with van der Waals surface area (Å²) in [5.41, 5.74) is 10.0. The molecule has 0 amide bonds. The molecule has 0 spiro atoms. The van der Waals surface area contributed by atoms with Gasteiger partial charge in [0.05, 0.1) is 17.9 Å². The molecule has 2 atom stereocenters. The average Bonchev–Trinajstić information content (AvgIpc) is 2.84. The number of ether oxygens (including phenoxy) is 1. The highest BCUT2D eigenvalue weighted by Gasteiger charge is 2.34. The third-order valence-corrected chi connectivity index (χ3v) is 6.50. The van der Waals surface area contributed by atoms with Gasteiger partial charge in [-0.15, -0.1) is 0 Å². The van der Waals surface area contributed by atoms with E-state index in [0.29, 0.717) is 30.2 Å². The van der Waals surface area contributed by atoms with Crippen LogP contribution in [-0.4, -0.2) is 79.7 Å². The molecule has 7 nitrogen and oxygen atoms in total. The molecule has 0 aliphatic carbocycles. The van der Waals surface area contributed by atoms with Gasteiger partial charge < -0.3 is 20.7 Å². The van der Waals surface area contributed by atoms with E-state index in [1.807, 2.05) is 37.3 Å². The first-order valence-electron chi connectivity index (χ1n) is 11.9. The maximum atomic E-state index is 10.5. The summed E-state index contributed by atoms with van der Waals surface area (Å²) in [5, 5.41) is 20.1. The number of nitrogens with zero attached hydrogens (tertiary/aromatic N) is 3. The molecule has 4 N–H and O–H groups in total. The van der Waals surface area contributed by atoms with Crippen LogP contribution in [0.25, 0.3) is 5.70 Å². The first kappa shape index (κ1) is 27.0. The molecule has 35 heavy (non-hydrogen) atoms. The lowest BCUT2D eigenvalue weighted by Gasteiger charge is -2.39. The molecule has 182 valence electrons. The number of hydrogen-bond donors (Lipinski definition) is 3. The van der Waals surface area contributed by atoms with Crippen molar-refractivity contribution < 1.29 is 14.9 Å². The number of nitrogens with two attached hydrogens (primary N) is 1. The Bertz CT molecular complexity index is 1060. The second-order valence-electron chi connectivity index (χ2n) is 9.39. The number of aryl methyl sites for hydroxylation is 1. The van der Waals surface area contributed by atoms with Gasteiger partial charge in [-0.3, -0.25) is 14.9 Å². The van der Waals surface area contributed by atoms with E-state index >= 15 is 0 Å². The number of benzene rings is 1. The maximum Gasteiger partial charge on any atom is 0.122 e. The van der Waals surface area contributed by atoms with E-state index in [0.717, 1.165) is 41.8 Å². The number of piperidine rings is 1. The van der Waals surface area contributed by atoms with E-state index in [9.17, 15) is 10.2 Å². The summed E-state index contributed by atoms with van der Waals surface area (Å²) in [7, 11) is 13.2. The molecule has 1 unspecified atom stereocenters. The smallest absolute Gasteiger partial charge is 0.122 e. The minimum atomic E-state index is -1.10. The summed E-state index contributed by atoms with van der Waals surface area (Å²) in [5.74, 6) is -0.440. The Morgan fingerprint density at radius 2 is 2.09 bits per heavy atom. The van der Waals surface area contributed by atoms with E-state index in [1.165, 1.54) is 0 Å². The van der Waals surface area contributed by atoms with Crippen LogP contribution < -0.4 is 10.5 Å². The minimum absolute atomic E-state index is 0.0109. The lowest BCUT2D eigenvalue weighted by Crippen LogP contribution is -2.47. The van der Waals surface area contributed by atoms with Gasteiger partial charge in [0.25, 0.3) is 0 Å². The summed E-state index contributed by atoms with van der Waals surface area (Å²) in [6.07, 6.45) is 5.39. The fraction of sp³-hybridized carbons (Fsp3) is 0.462. The molecule has 1 saturated heterocycles. The summed E-state index contributed by atoms with van der Waals surface area (Å²) < 4.78 is 5.74. The van der Waals surface area contributed by atoms with Crippen LogP contribution in [0.15, 0.2) is 47.6 Å². The van der Waals surface area contributed by atoms with Crippen LogP contribution in [0, 0.1) is 12.8 Å². The molecule has 1 aliphatic heterocycles. The van der Waals surface area contributed by atoms with Crippen molar-refractivity contribution in [2.24, 2.45) is 16.6 Å². The number of aromatic nitrogens is 1. The van der Waals surface area contributed by atoms with E-state index in [4.69, 9.17) is 26.2 Å². The molecule has 2 aromatic rings. The Kier molecular flexibility index (Phi) is 9.16. The number of likely N-dealkylation sites (tertiary alicyclic amines) is 1. The van der Waals surface area contributed by atoms with Crippen LogP contribution in [-0.2, 0) is 6.54 Å². The summed E-state index contributed by atoms with van der Waals surface area (Å²) in [6.45, 7) is 5.52. The summed E-state index contributed by atoms with van der Waals surface area (Å²) in [6, 6.07) is 9.61. The van der Waals surface area contributed by atoms with Gasteiger partial charge in [-0.05, 0) is 57.5 Å². The van der Waals surface area contributed by atoms with Crippen molar-refractivity contribution in [3.63, 3.8) is 0 Å². The molecular formula is C26H34B2N4O3. The third kappa shape index (κ3) is 7.19. The molecule has 1 aromatic carbocycles. The van der Waals surface area contributed by atoms with Gasteiger partial charge in [-0.2, -0.15) is 0 Å². The van der Waals surface area contributed by atoms with Gasteiger partial charge in [0.2, 0.25) is 0 Å². The largest absolute Gasteiger partial charge is 0.510 e. The predicted octanol–water partition coefficient (Wildman–Crippen LogP) is 1.76. The lowest BCUT2D eigenvalue weighted by molar-refractivity contribution is -0.0697. The Labute approximate surface area is 210 Å². The SMILES string of the molecule is [B]C([B])Oc1cc(/C(N)=C/C(=NC)c2ccc(C)nc2)ccc1CN1CCCC([C@](C)(O)CO)C1. The van der Waals surface area contributed by atoms with Crippen molar-refractivity contribution in [3.05, 3.63) is 65.0 Å². The number of aliphatic imine (C=N–C) groups is 1. The monoisotopic (exact) mass is 472 g/mol. The molecule has 0 bridgehead atoms. The number of aliphatic hydroxyl groups excluding tert-OH is 1. The Hall–Kier alpha value is -2.61. The number of pyridine rings is 1. The molecule has 2 heterocycles. The molecule has 1 fully saturated rings. The summed E-state index contributed by atoms with van der Waals surface area (Å²) >= 11 is 0. The van der Waals surface area contributed by atoms with Crippen LogP contribution in [0.4, 0.5) is 0 Å². The first-order chi connectivity index (χ1) is 16.6. The molecule has 3 rings (SSSR count). The maximum absolute atomic E-state index is 10.5. The Balaban J connectivity index is 1.84. The fourth-order valence-corrected chi connectivity index (χ4v) is 4.32. The Morgan fingerprint density at radius 3 is 2.71 bits per heavy atom. The first-order valence-corrected chi connectivity index (χ1v) is 11.9. The van der Waals surface area contributed by atoms with Gasteiger partial charge in [0.1, 0.15) is 21.4 Å². The van der Waals surface area contributed by atoms with Crippen LogP contribution in [0.2, 0.25) is 0 Å². The summed E-state index contributed by atoms with van der Waals surface area (Å²) in [4.78, 5) is 10.9. The van der Waals surface area contributed by atoms with Crippen molar-refractivity contribution in [1.82, 2.24) is 9.88 Å². The van der Waals surface area contributed by atoms with Crippen LogP contribution >= 0.6 is 0 Å². The van der Waals surface area contributed by atoms with Gasteiger partial charge in [0.15, 0.2) is 0 Å². The minimum Gasteiger partial charge on any atom is -0.510 e. The van der Waals surface area contributed by atoms with E-state index < -0.39 is 11.5 Å². The van der Waals surface area contributed by atoms with E-state index in [2.05, 4.69) is 14.9 Å². The number of hydrogen-bond acceptors (Lipinski definition) is 7. The number of rotatable bonds is 9. The topological polar surface area (TPSA) is 104 Å². The fourth-order valence-electron chi connectivity index (χ4n) is 4.32. The molecule has 9 heteroatoms. The van der Waals surface area contributed by atoms with Crippen molar-refractivity contribution >= 4 is 27.1 Å². The second-order valence-corrected chi connectivity index (χ2v) is 9.39. The number of allylic oxidation sites excluding steroid dienone is 1. The van der Waals surface area contributed by atoms with Crippen molar-refractivity contribution in [2.45, 2.75) is 44.7 Å². The normalized spacial score (nSPS) is 19.5. The van der Waals surface area contributed by atoms with E-state index in [-0.39, 0.29) is 12.5 Å². The van der Waals surface area contributed by atoms with Crippen molar-refractivity contribution in [2.75, 3.05) is 26.7 Å². The third-order valence-electron chi connectivity index (χ3n) is 6.50. The highest BCUT2D eigenvalue weighted by atomic mass is 16.5. The predicted molar refractivity (Wildman–Crippen MR) is 142 cm³/mol. The lowest BCUT2D eigenvalue weighted by atomic mass is 9.82. The van der Waals surface area contributed by atoms with E-state index in [1.54, 1.807) is 26.2 Å². The zero-order chi connectivity index (χ0) is 25.6. The molecule has 0 saturated carbocycles. The van der Waals surface area contributed by atoms with Gasteiger partial charge in [0, 0.05) is 66.2 Å². The molecule has 1 aliphatic rings. The zero-order valence-corrected chi connectivity index (χ0v) is 20.8. The number of aliphatic hydroxyl groups is 2. The second kappa shape index (κ2) is 11.9. The quantitative estimate of drug-likeness (QED) is 0.380. The molecular weight excluding hydrogens is 438 g/mol. The molecule has 1 aromatic heterocycles. The van der Waals surface area contributed by atoms with Crippen molar-refractivity contribution in [3.8, 4) is 5.75 Å². The van der Waals surface area contributed by atoms with Crippen LogP contribution in [0.1, 0.15) is 42.1 Å². The van der Waals surface area contributed by atoms with Gasteiger partial charge in [-0.25, -0.2) is 0 Å². The van der Waals surface area contributed by atoms with Gasteiger partial charge in [-0.1, -0.05) is 12.1 Å². The van der Waals surface area contributed by atoms with Gasteiger partial charge >= 0.3 is 0 Å². The van der Waals surface area contributed by atoms with Crippen LogP contribution in [0.3, 0.4) is 0 Å². The highest BCUT2D eigenvalue weighted by molar-refractivity contribution is 6.34. The standard InChI is InChI=1S/C26H34B2N4O3/c1-17-6-7-19(13-31-17)23(30-3)12-22(29)18-8-9-20(24(11-18)35-25(27)28)14-32-10-4-5-21(15-32)26(2,34)16-33/h6-9,11-13,21,25,33-34H,4-5,10,14-16,29H2,1-3H3/b22-12-,30-23?/t21?,26-/m1/s1. The Morgan fingerprint density at radius 1 is 1.34 bits per heavy atom. The highest BCUT2D eigenvalue weighted by Crippen LogP contribution is 2.30. The van der Waals surface area contributed by atoms with Crippen molar-refractivity contribution in [1.29, 1.82) is 0 Å². The van der Waals surface area contributed by atoms with Crippen LogP contribution in [0.5, 0.6) is 5.75 Å².